The molecule has 0 saturated carbocycles. The SMILES string of the molecule is COc1ccc(N2CCN(C(=O)c3ccccc3F)C(C)C2=O)cc1OC. The van der Waals surface area contributed by atoms with Crippen LogP contribution in [0.4, 0.5) is 10.1 Å². The number of ether oxygens (including phenoxy) is 2. The van der Waals surface area contributed by atoms with Gasteiger partial charge < -0.3 is 19.3 Å². The number of carbonyl (C=O) groups is 2. The summed E-state index contributed by atoms with van der Waals surface area (Å²) in [6.07, 6.45) is 0. The van der Waals surface area contributed by atoms with Crippen LogP contribution < -0.4 is 14.4 Å². The van der Waals surface area contributed by atoms with E-state index < -0.39 is 17.8 Å². The van der Waals surface area contributed by atoms with Crippen LogP contribution in [-0.2, 0) is 4.79 Å². The zero-order valence-corrected chi connectivity index (χ0v) is 15.4. The molecule has 2 aromatic rings. The van der Waals surface area contributed by atoms with Crippen LogP contribution in [0.25, 0.3) is 0 Å². The van der Waals surface area contributed by atoms with Crippen molar-refractivity contribution in [2.75, 3.05) is 32.2 Å². The van der Waals surface area contributed by atoms with Crippen molar-refractivity contribution >= 4 is 17.5 Å². The molecule has 0 aromatic heterocycles. The van der Waals surface area contributed by atoms with Gasteiger partial charge in [-0.15, -0.1) is 0 Å². The Morgan fingerprint density at radius 2 is 1.78 bits per heavy atom. The number of amides is 2. The first-order valence-electron chi connectivity index (χ1n) is 8.56. The summed E-state index contributed by atoms with van der Waals surface area (Å²) in [4.78, 5) is 28.6. The monoisotopic (exact) mass is 372 g/mol. The van der Waals surface area contributed by atoms with Crippen molar-refractivity contribution in [1.82, 2.24) is 4.90 Å². The van der Waals surface area contributed by atoms with Crippen LogP contribution in [0.1, 0.15) is 17.3 Å². The highest BCUT2D eigenvalue weighted by molar-refractivity contribution is 6.03. The lowest BCUT2D eigenvalue weighted by Crippen LogP contribution is -2.57. The van der Waals surface area contributed by atoms with Gasteiger partial charge >= 0.3 is 0 Å². The third kappa shape index (κ3) is 3.45. The van der Waals surface area contributed by atoms with Gasteiger partial charge in [0.25, 0.3) is 5.91 Å². The molecule has 0 bridgehead atoms. The molecule has 7 heteroatoms. The maximum absolute atomic E-state index is 13.9. The van der Waals surface area contributed by atoms with E-state index in [4.69, 9.17) is 9.47 Å². The number of carbonyl (C=O) groups excluding carboxylic acids is 2. The fourth-order valence-electron chi connectivity index (χ4n) is 3.19. The molecule has 1 fully saturated rings. The quantitative estimate of drug-likeness (QED) is 0.828. The lowest BCUT2D eigenvalue weighted by Gasteiger charge is -2.39. The maximum atomic E-state index is 13.9. The molecule has 0 spiro atoms. The van der Waals surface area contributed by atoms with Crippen molar-refractivity contribution in [3.63, 3.8) is 0 Å². The number of piperazine rings is 1. The summed E-state index contributed by atoms with van der Waals surface area (Å²) < 4.78 is 24.5. The number of nitrogens with zero attached hydrogens (tertiary/aromatic N) is 2. The van der Waals surface area contributed by atoms with E-state index in [-0.39, 0.29) is 11.5 Å². The molecular weight excluding hydrogens is 351 g/mol. The average molecular weight is 372 g/mol. The smallest absolute Gasteiger partial charge is 0.257 e. The molecule has 0 aliphatic carbocycles. The molecule has 6 nitrogen and oxygen atoms in total. The number of rotatable bonds is 4. The second-order valence-corrected chi connectivity index (χ2v) is 6.18. The number of halogens is 1. The predicted molar refractivity (Wildman–Crippen MR) is 98.8 cm³/mol. The Labute approximate surface area is 157 Å². The Hall–Kier alpha value is -3.09. The van der Waals surface area contributed by atoms with E-state index in [1.807, 2.05) is 0 Å². The van der Waals surface area contributed by atoms with E-state index in [0.717, 1.165) is 0 Å². The molecule has 142 valence electrons. The molecule has 0 radical (unpaired) electrons. The molecule has 27 heavy (non-hydrogen) atoms. The first-order chi connectivity index (χ1) is 13.0. The number of methoxy groups -OCH3 is 2. The zero-order chi connectivity index (χ0) is 19.6. The van der Waals surface area contributed by atoms with Gasteiger partial charge in [-0.2, -0.15) is 0 Å². The molecule has 1 aliphatic heterocycles. The van der Waals surface area contributed by atoms with Crippen LogP contribution in [0.2, 0.25) is 0 Å². The lowest BCUT2D eigenvalue weighted by molar-refractivity contribution is -0.124. The van der Waals surface area contributed by atoms with Gasteiger partial charge in [-0.3, -0.25) is 9.59 Å². The van der Waals surface area contributed by atoms with Crippen LogP contribution in [0, 0.1) is 5.82 Å². The van der Waals surface area contributed by atoms with E-state index in [2.05, 4.69) is 0 Å². The fraction of sp³-hybridized carbons (Fsp3) is 0.300. The molecule has 1 saturated heterocycles. The Kier molecular flexibility index (Phi) is 5.30. The molecule has 1 unspecified atom stereocenters. The highest BCUT2D eigenvalue weighted by Gasteiger charge is 2.36. The van der Waals surface area contributed by atoms with Gasteiger partial charge in [-0.1, -0.05) is 12.1 Å². The van der Waals surface area contributed by atoms with E-state index >= 15 is 0 Å². The highest BCUT2D eigenvalue weighted by atomic mass is 19.1. The van der Waals surface area contributed by atoms with Gasteiger partial charge in [0.05, 0.1) is 19.8 Å². The van der Waals surface area contributed by atoms with E-state index in [1.54, 1.807) is 36.1 Å². The Bertz CT molecular complexity index is 871. The van der Waals surface area contributed by atoms with E-state index in [0.29, 0.717) is 30.3 Å². The average Bonchev–Trinajstić information content (AvgIpc) is 2.69. The van der Waals surface area contributed by atoms with Crippen molar-refractivity contribution in [3.05, 3.63) is 53.8 Å². The van der Waals surface area contributed by atoms with Crippen LogP contribution in [0.3, 0.4) is 0 Å². The minimum Gasteiger partial charge on any atom is -0.493 e. The normalized spacial score (nSPS) is 17.0. The topological polar surface area (TPSA) is 59.1 Å². The maximum Gasteiger partial charge on any atom is 0.257 e. The summed E-state index contributed by atoms with van der Waals surface area (Å²) in [5, 5.41) is 0. The van der Waals surface area contributed by atoms with Crippen molar-refractivity contribution in [2.45, 2.75) is 13.0 Å². The van der Waals surface area contributed by atoms with Crippen molar-refractivity contribution in [2.24, 2.45) is 0 Å². The van der Waals surface area contributed by atoms with Crippen LogP contribution in [-0.4, -0.2) is 50.1 Å². The molecular formula is C20H21FN2O4. The Morgan fingerprint density at radius 1 is 1.07 bits per heavy atom. The molecule has 0 N–H and O–H groups in total. The molecule has 1 heterocycles. The van der Waals surface area contributed by atoms with Gasteiger partial charge in [-0.05, 0) is 31.2 Å². The van der Waals surface area contributed by atoms with Gasteiger partial charge in [0.15, 0.2) is 11.5 Å². The first-order valence-corrected chi connectivity index (χ1v) is 8.56. The van der Waals surface area contributed by atoms with Gasteiger partial charge in [-0.25, -0.2) is 4.39 Å². The largest absolute Gasteiger partial charge is 0.493 e. The number of benzene rings is 2. The second kappa shape index (κ2) is 7.65. The van der Waals surface area contributed by atoms with Crippen molar-refractivity contribution in [3.8, 4) is 11.5 Å². The summed E-state index contributed by atoms with van der Waals surface area (Å²) in [6.45, 7) is 2.25. The van der Waals surface area contributed by atoms with Crippen LogP contribution in [0.15, 0.2) is 42.5 Å². The molecule has 3 rings (SSSR count). The summed E-state index contributed by atoms with van der Waals surface area (Å²) in [7, 11) is 3.06. The molecule has 1 aliphatic rings. The van der Waals surface area contributed by atoms with E-state index in [9.17, 15) is 14.0 Å². The third-order valence-corrected chi connectivity index (χ3v) is 4.70. The third-order valence-electron chi connectivity index (χ3n) is 4.70. The van der Waals surface area contributed by atoms with Gasteiger partial charge in [0.2, 0.25) is 5.91 Å². The number of anilines is 1. The summed E-state index contributed by atoms with van der Waals surface area (Å²) in [6, 6.07) is 10.3. The molecule has 2 aromatic carbocycles. The standard InChI is InChI=1S/C20H21FN2O4/c1-13-19(24)23(14-8-9-17(26-2)18(12-14)27-3)11-10-22(13)20(25)15-6-4-5-7-16(15)21/h4-9,12-13H,10-11H2,1-3H3. The van der Waals surface area contributed by atoms with Crippen molar-refractivity contribution < 1.29 is 23.5 Å². The second-order valence-electron chi connectivity index (χ2n) is 6.18. The van der Waals surface area contributed by atoms with Gasteiger partial charge in [0.1, 0.15) is 11.9 Å². The Balaban J connectivity index is 1.83. The van der Waals surface area contributed by atoms with Gasteiger partial charge in [0, 0.05) is 24.8 Å². The molecule has 2 amide bonds. The Morgan fingerprint density at radius 3 is 2.44 bits per heavy atom. The zero-order valence-electron chi connectivity index (χ0n) is 15.4. The molecule has 1 atom stereocenters. The minimum atomic E-state index is -0.709. The fourth-order valence-corrected chi connectivity index (χ4v) is 3.19. The summed E-state index contributed by atoms with van der Waals surface area (Å²) in [5.41, 5.74) is 0.624. The lowest BCUT2D eigenvalue weighted by atomic mass is 10.1. The number of hydrogen-bond acceptors (Lipinski definition) is 4. The number of hydrogen-bond donors (Lipinski definition) is 0. The highest BCUT2D eigenvalue weighted by Crippen LogP contribution is 2.32. The van der Waals surface area contributed by atoms with Crippen LogP contribution in [0.5, 0.6) is 11.5 Å². The summed E-state index contributed by atoms with van der Waals surface area (Å²) >= 11 is 0. The van der Waals surface area contributed by atoms with Crippen molar-refractivity contribution in [1.29, 1.82) is 0 Å². The minimum absolute atomic E-state index is 0.0308. The summed E-state index contributed by atoms with van der Waals surface area (Å²) in [5.74, 6) is -0.237. The predicted octanol–water partition coefficient (Wildman–Crippen LogP) is 2.72. The van der Waals surface area contributed by atoms with Crippen LogP contribution >= 0.6 is 0 Å². The first kappa shape index (κ1) is 18.7. The van der Waals surface area contributed by atoms with E-state index in [1.165, 1.54) is 37.3 Å².